The summed E-state index contributed by atoms with van der Waals surface area (Å²) in [5.74, 6) is -0.904. The van der Waals surface area contributed by atoms with Gasteiger partial charge in [0, 0.05) is 10.2 Å². The first-order chi connectivity index (χ1) is 8.49. The number of rotatable bonds is 3. The number of benzene rings is 1. The van der Waals surface area contributed by atoms with Gasteiger partial charge in [0.2, 0.25) is 5.91 Å². The Bertz CT molecular complexity index is 535. The van der Waals surface area contributed by atoms with Crippen LogP contribution in [0.2, 0.25) is 0 Å². The van der Waals surface area contributed by atoms with Crippen LogP contribution in [0.15, 0.2) is 16.6 Å². The highest BCUT2D eigenvalue weighted by Crippen LogP contribution is 2.25. The van der Waals surface area contributed by atoms with Gasteiger partial charge in [-0.3, -0.25) is 4.79 Å². The third-order valence-corrected chi connectivity index (χ3v) is 2.75. The van der Waals surface area contributed by atoms with E-state index < -0.39 is 11.9 Å². The van der Waals surface area contributed by atoms with E-state index in [2.05, 4.69) is 26.0 Å². The molecule has 0 saturated carbocycles. The summed E-state index contributed by atoms with van der Waals surface area (Å²) >= 11 is 3.25. The molecule has 0 fully saturated rings. The van der Waals surface area contributed by atoms with E-state index in [1.165, 1.54) is 7.11 Å². The van der Waals surface area contributed by atoms with E-state index in [1.54, 1.807) is 25.1 Å². The molecule has 0 heterocycles. The van der Waals surface area contributed by atoms with Gasteiger partial charge in [-0.1, -0.05) is 15.9 Å². The van der Waals surface area contributed by atoms with E-state index in [-0.39, 0.29) is 6.42 Å². The van der Waals surface area contributed by atoms with Crippen molar-refractivity contribution in [3.63, 3.8) is 0 Å². The summed E-state index contributed by atoms with van der Waals surface area (Å²) in [5.41, 5.74) is 1.43. The topological polar surface area (TPSA) is 79.2 Å². The average Bonchev–Trinajstić information content (AvgIpc) is 2.32. The van der Waals surface area contributed by atoms with Crippen molar-refractivity contribution < 1.29 is 14.3 Å². The molecule has 0 atom stereocenters. The minimum absolute atomic E-state index is 0.237. The van der Waals surface area contributed by atoms with Gasteiger partial charge in [-0.25, -0.2) is 4.79 Å². The van der Waals surface area contributed by atoms with Gasteiger partial charge < -0.3 is 10.1 Å². The van der Waals surface area contributed by atoms with Crippen molar-refractivity contribution in [3.05, 3.63) is 27.7 Å². The van der Waals surface area contributed by atoms with Crippen LogP contribution in [0.1, 0.15) is 22.3 Å². The zero-order valence-corrected chi connectivity index (χ0v) is 11.5. The largest absolute Gasteiger partial charge is 0.465 e. The summed E-state index contributed by atoms with van der Waals surface area (Å²) in [6.45, 7) is 1.70. The molecule has 0 aliphatic rings. The Morgan fingerprint density at radius 3 is 2.72 bits per heavy atom. The van der Waals surface area contributed by atoms with Crippen molar-refractivity contribution >= 4 is 33.5 Å². The Labute approximate surface area is 113 Å². The number of hydrogen-bond acceptors (Lipinski definition) is 4. The maximum Gasteiger partial charge on any atom is 0.338 e. The van der Waals surface area contributed by atoms with Crippen molar-refractivity contribution in [1.29, 1.82) is 5.26 Å². The second-order valence-corrected chi connectivity index (χ2v) is 4.42. The molecule has 0 aliphatic carbocycles. The standard InChI is InChI=1S/C12H11BrN2O3/c1-7-9(12(17)18-2)5-8(13)6-10(7)15-11(16)3-4-14/h5-6H,3H2,1-2H3,(H,15,16). The van der Waals surface area contributed by atoms with Gasteiger partial charge >= 0.3 is 5.97 Å². The molecule has 18 heavy (non-hydrogen) atoms. The van der Waals surface area contributed by atoms with E-state index in [0.717, 1.165) is 0 Å². The lowest BCUT2D eigenvalue weighted by molar-refractivity contribution is -0.115. The van der Waals surface area contributed by atoms with Crippen LogP contribution >= 0.6 is 15.9 Å². The molecular weight excluding hydrogens is 300 g/mol. The number of nitrogens with zero attached hydrogens (tertiary/aromatic N) is 1. The van der Waals surface area contributed by atoms with Gasteiger partial charge in [0.25, 0.3) is 0 Å². The summed E-state index contributed by atoms with van der Waals surface area (Å²) < 4.78 is 5.29. The lowest BCUT2D eigenvalue weighted by Gasteiger charge is -2.11. The van der Waals surface area contributed by atoms with Crippen molar-refractivity contribution in [1.82, 2.24) is 0 Å². The molecule has 1 rings (SSSR count). The summed E-state index contributed by atoms with van der Waals surface area (Å²) in [5, 5.41) is 11.0. The Balaban J connectivity index is 3.14. The fourth-order valence-corrected chi connectivity index (χ4v) is 1.85. The lowest BCUT2D eigenvalue weighted by Crippen LogP contribution is -2.13. The first-order valence-corrected chi connectivity index (χ1v) is 5.84. The molecule has 6 heteroatoms. The van der Waals surface area contributed by atoms with Gasteiger partial charge in [-0.2, -0.15) is 5.26 Å². The number of anilines is 1. The number of hydrogen-bond donors (Lipinski definition) is 1. The minimum atomic E-state index is -0.482. The summed E-state index contributed by atoms with van der Waals surface area (Å²) in [4.78, 5) is 22.9. The first kappa shape index (κ1) is 14.2. The van der Waals surface area contributed by atoms with Crippen LogP contribution in [0, 0.1) is 18.3 Å². The zero-order chi connectivity index (χ0) is 13.7. The molecule has 1 aromatic rings. The molecule has 1 aromatic carbocycles. The monoisotopic (exact) mass is 310 g/mol. The first-order valence-electron chi connectivity index (χ1n) is 5.05. The fourth-order valence-electron chi connectivity index (χ4n) is 1.40. The highest BCUT2D eigenvalue weighted by molar-refractivity contribution is 9.10. The van der Waals surface area contributed by atoms with Gasteiger partial charge in [0.1, 0.15) is 6.42 Å². The number of esters is 1. The van der Waals surface area contributed by atoms with Crippen LogP contribution in [0.3, 0.4) is 0 Å². The predicted octanol–water partition coefficient (Wildman–Crippen LogP) is 2.40. The van der Waals surface area contributed by atoms with Crippen molar-refractivity contribution in [3.8, 4) is 6.07 Å². The van der Waals surface area contributed by atoms with Gasteiger partial charge in [0.05, 0.1) is 18.7 Å². The van der Waals surface area contributed by atoms with E-state index in [0.29, 0.717) is 21.3 Å². The summed E-state index contributed by atoms with van der Waals surface area (Å²) in [6, 6.07) is 5.03. The smallest absolute Gasteiger partial charge is 0.338 e. The third kappa shape index (κ3) is 3.31. The molecule has 0 aromatic heterocycles. The molecule has 0 aliphatic heterocycles. The molecule has 0 spiro atoms. The Morgan fingerprint density at radius 1 is 1.50 bits per heavy atom. The van der Waals surface area contributed by atoms with E-state index in [1.807, 2.05) is 0 Å². The molecule has 5 nitrogen and oxygen atoms in total. The zero-order valence-electron chi connectivity index (χ0n) is 9.91. The number of methoxy groups -OCH3 is 1. The number of carbonyl (C=O) groups is 2. The lowest BCUT2D eigenvalue weighted by atomic mass is 10.1. The number of amides is 1. The normalized spacial score (nSPS) is 9.44. The minimum Gasteiger partial charge on any atom is -0.465 e. The Kier molecular flexibility index (Phi) is 4.86. The molecule has 0 bridgehead atoms. The predicted molar refractivity (Wildman–Crippen MR) is 69.1 cm³/mol. The maximum atomic E-state index is 11.5. The average molecular weight is 311 g/mol. The highest BCUT2D eigenvalue weighted by atomic mass is 79.9. The number of halogens is 1. The van der Waals surface area contributed by atoms with E-state index in [9.17, 15) is 9.59 Å². The maximum absolute atomic E-state index is 11.5. The molecule has 0 radical (unpaired) electrons. The third-order valence-electron chi connectivity index (χ3n) is 2.29. The highest BCUT2D eigenvalue weighted by Gasteiger charge is 2.15. The molecular formula is C12H11BrN2O3. The molecule has 0 unspecified atom stereocenters. The van der Waals surface area contributed by atoms with Crippen molar-refractivity contribution in [2.45, 2.75) is 13.3 Å². The van der Waals surface area contributed by atoms with Crippen LogP contribution in [0.25, 0.3) is 0 Å². The van der Waals surface area contributed by atoms with Crippen LogP contribution in [0.5, 0.6) is 0 Å². The van der Waals surface area contributed by atoms with Crippen molar-refractivity contribution in [2.24, 2.45) is 0 Å². The molecule has 0 saturated heterocycles. The molecule has 94 valence electrons. The van der Waals surface area contributed by atoms with E-state index in [4.69, 9.17) is 5.26 Å². The number of nitrogens with one attached hydrogen (secondary N) is 1. The summed E-state index contributed by atoms with van der Waals surface area (Å²) in [7, 11) is 1.29. The second-order valence-electron chi connectivity index (χ2n) is 3.50. The van der Waals surface area contributed by atoms with Crippen LogP contribution < -0.4 is 5.32 Å². The van der Waals surface area contributed by atoms with Crippen LogP contribution in [0.4, 0.5) is 5.69 Å². The number of ether oxygens (including phenoxy) is 1. The van der Waals surface area contributed by atoms with Gasteiger partial charge in [-0.15, -0.1) is 0 Å². The molecule has 1 amide bonds. The quantitative estimate of drug-likeness (QED) is 0.869. The Morgan fingerprint density at radius 2 is 2.17 bits per heavy atom. The SMILES string of the molecule is COC(=O)c1cc(Br)cc(NC(=O)CC#N)c1C. The van der Waals surface area contributed by atoms with Crippen LogP contribution in [-0.2, 0) is 9.53 Å². The van der Waals surface area contributed by atoms with Gasteiger partial charge in [-0.05, 0) is 24.6 Å². The Hall–Kier alpha value is -1.87. The fraction of sp³-hybridized carbons (Fsp3) is 0.250. The number of nitriles is 1. The number of carbonyl (C=O) groups excluding carboxylic acids is 2. The van der Waals surface area contributed by atoms with Crippen LogP contribution in [-0.4, -0.2) is 19.0 Å². The molecule has 1 N–H and O–H groups in total. The van der Waals surface area contributed by atoms with Gasteiger partial charge in [0.15, 0.2) is 0 Å². The second kappa shape index (κ2) is 6.17. The summed E-state index contributed by atoms with van der Waals surface area (Å²) in [6.07, 6.45) is -0.237. The van der Waals surface area contributed by atoms with E-state index >= 15 is 0 Å². The van der Waals surface area contributed by atoms with Crippen molar-refractivity contribution in [2.75, 3.05) is 12.4 Å².